The highest BCUT2D eigenvalue weighted by atomic mass is 32.2. The van der Waals surface area contributed by atoms with Gasteiger partial charge in [-0.1, -0.05) is 24.3 Å². The number of para-hydroxylation sites is 1. The summed E-state index contributed by atoms with van der Waals surface area (Å²) in [7, 11) is 0. The molecular formula is C16H14N8S. The third kappa shape index (κ3) is 2.70. The van der Waals surface area contributed by atoms with Gasteiger partial charge < -0.3 is 17.2 Å². The molecule has 0 aliphatic heterocycles. The standard InChI is InChI=1S/C16H14N8S/c17-12-13(18)21-16(22-14(12)19)24-10-6-2-1-5-9(10)15(23-24)25-11-7-3-4-8-20-11/h1-8H,17H2,(H4,18,19,21,22). The Morgan fingerprint density at radius 2 is 1.60 bits per heavy atom. The summed E-state index contributed by atoms with van der Waals surface area (Å²) in [6.07, 6.45) is 1.74. The van der Waals surface area contributed by atoms with E-state index < -0.39 is 0 Å². The van der Waals surface area contributed by atoms with Gasteiger partial charge in [-0.3, -0.25) is 0 Å². The van der Waals surface area contributed by atoms with Crippen molar-refractivity contribution in [2.75, 3.05) is 17.2 Å². The Morgan fingerprint density at radius 3 is 2.32 bits per heavy atom. The molecule has 0 saturated carbocycles. The van der Waals surface area contributed by atoms with E-state index in [0.29, 0.717) is 0 Å². The van der Waals surface area contributed by atoms with Crippen molar-refractivity contribution < 1.29 is 0 Å². The van der Waals surface area contributed by atoms with Crippen molar-refractivity contribution in [1.29, 1.82) is 0 Å². The Hall–Kier alpha value is -3.33. The van der Waals surface area contributed by atoms with Gasteiger partial charge in [0.25, 0.3) is 5.95 Å². The Morgan fingerprint density at radius 1 is 0.880 bits per heavy atom. The highest BCUT2D eigenvalue weighted by Gasteiger charge is 2.16. The molecule has 4 aromatic rings. The fourth-order valence-electron chi connectivity index (χ4n) is 2.36. The van der Waals surface area contributed by atoms with Gasteiger partial charge in [0.1, 0.15) is 15.7 Å². The normalized spacial score (nSPS) is 11.0. The number of nitrogen functional groups attached to an aromatic ring is 3. The minimum atomic E-state index is 0.126. The molecule has 0 aliphatic carbocycles. The van der Waals surface area contributed by atoms with Gasteiger partial charge in [-0.05, 0) is 30.0 Å². The van der Waals surface area contributed by atoms with Crippen molar-refractivity contribution in [2.45, 2.75) is 10.1 Å². The second-order valence-corrected chi connectivity index (χ2v) is 6.22. The van der Waals surface area contributed by atoms with Crippen LogP contribution in [0.1, 0.15) is 0 Å². The summed E-state index contributed by atoms with van der Waals surface area (Å²) in [5, 5.41) is 7.21. The molecule has 25 heavy (non-hydrogen) atoms. The van der Waals surface area contributed by atoms with Gasteiger partial charge in [-0.25, -0.2) is 4.98 Å². The van der Waals surface area contributed by atoms with Crippen LogP contribution >= 0.6 is 11.8 Å². The average molecular weight is 350 g/mol. The lowest BCUT2D eigenvalue weighted by Crippen LogP contribution is -2.11. The number of pyridine rings is 1. The molecule has 0 radical (unpaired) electrons. The van der Waals surface area contributed by atoms with Gasteiger partial charge in [-0.15, -0.1) is 0 Å². The lowest BCUT2D eigenvalue weighted by Gasteiger charge is -2.06. The number of benzene rings is 1. The van der Waals surface area contributed by atoms with Crippen LogP contribution < -0.4 is 17.2 Å². The summed E-state index contributed by atoms with van der Waals surface area (Å²) in [5.74, 6) is 0.523. The molecule has 0 unspecified atom stereocenters. The summed E-state index contributed by atoms with van der Waals surface area (Å²) in [5.41, 5.74) is 18.4. The van der Waals surface area contributed by atoms with Gasteiger partial charge in [-0.2, -0.15) is 19.7 Å². The van der Waals surface area contributed by atoms with E-state index in [0.717, 1.165) is 21.0 Å². The number of nitrogens with two attached hydrogens (primary N) is 3. The van der Waals surface area contributed by atoms with E-state index in [1.165, 1.54) is 11.8 Å². The van der Waals surface area contributed by atoms with Gasteiger partial charge in [0.15, 0.2) is 11.6 Å². The van der Waals surface area contributed by atoms with E-state index in [-0.39, 0.29) is 23.3 Å². The highest BCUT2D eigenvalue weighted by Crippen LogP contribution is 2.33. The molecule has 0 fully saturated rings. The zero-order valence-electron chi connectivity index (χ0n) is 13.0. The van der Waals surface area contributed by atoms with Crippen LogP contribution in [0.15, 0.2) is 58.7 Å². The van der Waals surface area contributed by atoms with E-state index >= 15 is 0 Å². The summed E-state index contributed by atoms with van der Waals surface area (Å²) in [6, 6.07) is 13.5. The maximum atomic E-state index is 5.82. The van der Waals surface area contributed by atoms with Gasteiger partial charge in [0.05, 0.1) is 5.52 Å². The molecule has 124 valence electrons. The van der Waals surface area contributed by atoms with Crippen LogP contribution in [0.4, 0.5) is 17.3 Å². The van der Waals surface area contributed by atoms with Crippen LogP contribution in [0.2, 0.25) is 0 Å². The van der Waals surface area contributed by atoms with Crippen LogP contribution in [0.25, 0.3) is 16.9 Å². The van der Waals surface area contributed by atoms with Crippen LogP contribution in [0, 0.1) is 0 Å². The first-order valence-electron chi connectivity index (χ1n) is 7.39. The Balaban J connectivity index is 1.88. The van der Waals surface area contributed by atoms with Crippen molar-refractivity contribution in [3.05, 3.63) is 48.7 Å². The molecule has 6 N–H and O–H groups in total. The van der Waals surface area contributed by atoms with Crippen molar-refractivity contribution in [2.24, 2.45) is 0 Å². The van der Waals surface area contributed by atoms with Crippen molar-refractivity contribution >= 4 is 40.0 Å². The second-order valence-electron chi connectivity index (χ2n) is 5.21. The molecule has 1 aromatic carbocycles. The smallest absolute Gasteiger partial charge is 0.255 e. The van der Waals surface area contributed by atoms with Crippen LogP contribution in [-0.4, -0.2) is 24.7 Å². The minimum Gasteiger partial charge on any atom is -0.393 e. The molecule has 0 atom stereocenters. The maximum absolute atomic E-state index is 5.82. The lowest BCUT2D eigenvalue weighted by molar-refractivity contribution is 0.804. The van der Waals surface area contributed by atoms with E-state index in [1.54, 1.807) is 10.9 Å². The van der Waals surface area contributed by atoms with Crippen LogP contribution in [-0.2, 0) is 0 Å². The maximum Gasteiger partial charge on any atom is 0.255 e. The SMILES string of the molecule is Nc1nc(-n2nc(Sc3ccccn3)c3ccccc32)nc(N)c1N. The molecule has 0 spiro atoms. The summed E-state index contributed by atoms with van der Waals surface area (Å²) >= 11 is 1.46. The molecule has 9 heteroatoms. The Kier molecular flexibility index (Phi) is 3.62. The average Bonchev–Trinajstić information content (AvgIpc) is 2.99. The van der Waals surface area contributed by atoms with Gasteiger partial charge in [0, 0.05) is 11.6 Å². The number of hydrogen-bond acceptors (Lipinski definition) is 8. The monoisotopic (exact) mass is 350 g/mol. The number of hydrogen-bond donors (Lipinski definition) is 3. The molecule has 8 nitrogen and oxygen atoms in total. The Bertz CT molecular complexity index is 1040. The Labute approximate surface area is 147 Å². The third-order valence-electron chi connectivity index (χ3n) is 3.57. The van der Waals surface area contributed by atoms with E-state index in [2.05, 4.69) is 20.1 Å². The van der Waals surface area contributed by atoms with Crippen molar-refractivity contribution in [3.8, 4) is 5.95 Å². The number of rotatable bonds is 3. The third-order valence-corrected chi connectivity index (χ3v) is 4.52. The first kappa shape index (κ1) is 15.2. The molecule has 0 aliphatic rings. The number of anilines is 3. The summed E-state index contributed by atoms with van der Waals surface area (Å²) in [4.78, 5) is 12.8. The fraction of sp³-hybridized carbons (Fsp3) is 0. The fourth-order valence-corrected chi connectivity index (χ4v) is 3.22. The summed E-state index contributed by atoms with van der Waals surface area (Å²) in [6.45, 7) is 0. The number of aromatic nitrogens is 5. The lowest BCUT2D eigenvalue weighted by atomic mass is 10.2. The summed E-state index contributed by atoms with van der Waals surface area (Å²) < 4.78 is 1.60. The molecule has 0 bridgehead atoms. The first-order valence-corrected chi connectivity index (χ1v) is 8.20. The minimum absolute atomic E-state index is 0.126. The quantitative estimate of drug-likeness (QED) is 0.511. The molecule has 0 amide bonds. The van der Waals surface area contributed by atoms with Gasteiger partial charge in [0.2, 0.25) is 0 Å². The van der Waals surface area contributed by atoms with Crippen LogP contribution in [0.5, 0.6) is 0 Å². The predicted molar refractivity (Wildman–Crippen MR) is 98.3 cm³/mol. The van der Waals surface area contributed by atoms with Crippen LogP contribution in [0.3, 0.4) is 0 Å². The molecular weight excluding hydrogens is 336 g/mol. The topological polar surface area (TPSA) is 135 Å². The first-order chi connectivity index (χ1) is 12.1. The predicted octanol–water partition coefficient (Wildman–Crippen LogP) is 2.11. The zero-order chi connectivity index (χ0) is 17.4. The number of nitrogens with zero attached hydrogens (tertiary/aromatic N) is 5. The molecule has 0 saturated heterocycles. The van der Waals surface area contributed by atoms with E-state index in [4.69, 9.17) is 17.2 Å². The van der Waals surface area contributed by atoms with E-state index in [9.17, 15) is 0 Å². The number of fused-ring (bicyclic) bond motifs is 1. The van der Waals surface area contributed by atoms with E-state index in [1.807, 2.05) is 42.5 Å². The van der Waals surface area contributed by atoms with Crippen molar-refractivity contribution in [3.63, 3.8) is 0 Å². The molecule has 3 heterocycles. The largest absolute Gasteiger partial charge is 0.393 e. The van der Waals surface area contributed by atoms with Crippen molar-refractivity contribution in [1.82, 2.24) is 24.7 Å². The molecule has 3 aromatic heterocycles. The molecule has 4 rings (SSSR count). The van der Waals surface area contributed by atoms with Gasteiger partial charge >= 0.3 is 0 Å². The zero-order valence-corrected chi connectivity index (χ0v) is 13.8. The second kappa shape index (κ2) is 5.95. The highest BCUT2D eigenvalue weighted by molar-refractivity contribution is 7.99.